The number of aliphatic carboxylic acids is 1. The molecule has 0 unspecified atom stereocenters. The molecule has 7 rings (SSSR count). The molecular weight excluding hydrogens is 713 g/mol. The monoisotopic (exact) mass is 754 g/mol. The summed E-state index contributed by atoms with van der Waals surface area (Å²) in [7, 11) is 3.14. The number of thiazole rings is 1. The van der Waals surface area contributed by atoms with Gasteiger partial charge in [-0.15, -0.1) is 16.4 Å². The van der Waals surface area contributed by atoms with Gasteiger partial charge in [-0.2, -0.15) is 9.90 Å². The van der Waals surface area contributed by atoms with E-state index in [1.807, 2.05) is 41.8 Å². The fourth-order valence-electron chi connectivity index (χ4n) is 7.16. The summed E-state index contributed by atoms with van der Waals surface area (Å²) in [6, 6.07) is 11.1. The molecular formula is C38H42N8O7S. The number of rotatable bonds is 8. The number of carbonyl (C=O) groups excluding carboxylic acids is 3. The lowest BCUT2D eigenvalue weighted by Crippen LogP contribution is -2.56. The molecule has 2 fully saturated rings. The molecule has 4 heterocycles. The predicted octanol–water partition coefficient (Wildman–Crippen LogP) is 4.90. The van der Waals surface area contributed by atoms with Crippen molar-refractivity contribution in [3.63, 3.8) is 0 Å². The van der Waals surface area contributed by atoms with Crippen LogP contribution in [0.5, 0.6) is 11.5 Å². The summed E-state index contributed by atoms with van der Waals surface area (Å²) in [5.41, 5.74) is 0.939. The Morgan fingerprint density at radius 1 is 0.981 bits per heavy atom. The molecule has 1 saturated heterocycles. The zero-order valence-corrected chi connectivity index (χ0v) is 30.8. The number of carboxylic acids is 1. The Balaban J connectivity index is 1.21. The van der Waals surface area contributed by atoms with Gasteiger partial charge >= 0.3 is 12.0 Å². The average molecular weight is 755 g/mol. The number of nitrogens with one attached hydrogen (secondary N) is 3. The van der Waals surface area contributed by atoms with E-state index in [0.717, 1.165) is 24.8 Å². The van der Waals surface area contributed by atoms with Crippen molar-refractivity contribution in [2.75, 3.05) is 26.1 Å². The highest BCUT2D eigenvalue weighted by Crippen LogP contribution is 2.46. The standard InChI is InChI=1S/C38H42N8O7S/c1-52-27-14-10-23(11-15-27)31-32(34-39-18-19-54-34)44-46(43-31)26-20-30-33(47)42-38(36(49)50)21-24(38)8-6-4-3-5-7-9-29(35(48)45(30)22-26)41-37(51)40-25-12-16-28(53-2)17-13-25/h6,8,10-19,24,26,29-30H,3-5,7,9,20-22H2,1-2H3,(H,42,47)(H,49,50)(H2,40,41,51)/t24-,26-,29+,30+,38-/m1/s1. The predicted molar refractivity (Wildman–Crippen MR) is 200 cm³/mol. The number of carboxylic acid groups (broad SMARTS) is 1. The summed E-state index contributed by atoms with van der Waals surface area (Å²) in [5.74, 6) is -1.20. The second kappa shape index (κ2) is 15.7. The van der Waals surface area contributed by atoms with E-state index in [2.05, 4.69) is 20.9 Å². The summed E-state index contributed by atoms with van der Waals surface area (Å²) >= 11 is 1.41. The number of anilines is 1. The number of hydrogen-bond donors (Lipinski definition) is 4. The molecule has 16 heteroatoms. The Kier molecular flexibility index (Phi) is 10.6. The third-order valence-electron chi connectivity index (χ3n) is 10.2. The van der Waals surface area contributed by atoms with Crippen LogP contribution in [0.4, 0.5) is 10.5 Å². The maximum absolute atomic E-state index is 14.6. The number of allylic oxidation sites excluding steroid dienone is 1. The molecule has 4 aromatic rings. The van der Waals surface area contributed by atoms with Gasteiger partial charge in [-0.1, -0.05) is 25.0 Å². The van der Waals surface area contributed by atoms with E-state index in [4.69, 9.17) is 19.7 Å². The molecule has 282 valence electrons. The topological polar surface area (TPSA) is 190 Å². The lowest BCUT2D eigenvalue weighted by atomic mass is 10.0. The first kappa shape index (κ1) is 36.6. The van der Waals surface area contributed by atoms with E-state index in [0.29, 0.717) is 46.4 Å². The van der Waals surface area contributed by atoms with Crippen LogP contribution in [-0.2, 0) is 14.4 Å². The van der Waals surface area contributed by atoms with Gasteiger partial charge in [0.2, 0.25) is 11.8 Å². The molecule has 4 N–H and O–H groups in total. The minimum Gasteiger partial charge on any atom is -0.497 e. The van der Waals surface area contributed by atoms with E-state index in [1.54, 1.807) is 44.7 Å². The molecule has 0 spiro atoms. The highest BCUT2D eigenvalue weighted by molar-refractivity contribution is 7.13. The van der Waals surface area contributed by atoms with E-state index in [1.165, 1.54) is 21.0 Å². The quantitative estimate of drug-likeness (QED) is 0.180. The number of fused-ring (bicyclic) bond motifs is 2. The van der Waals surface area contributed by atoms with Gasteiger partial charge in [0.25, 0.3) is 0 Å². The van der Waals surface area contributed by atoms with E-state index in [-0.39, 0.29) is 25.3 Å². The van der Waals surface area contributed by atoms with Crippen molar-refractivity contribution in [3.05, 3.63) is 72.3 Å². The smallest absolute Gasteiger partial charge is 0.330 e. The van der Waals surface area contributed by atoms with Crippen LogP contribution in [0.3, 0.4) is 0 Å². The van der Waals surface area contributed by atoms with Gasteiger partial charge in [-0.05, 0) is 74.2 Å². The lowest BCUT2D eigenvalue weighted by molar-refractivity contribution is -0.145. The van der Waals surface area contributed by atoms with E-state index < -0.39 is 47.5 Å². The van der Waals surface area contributed by atoms with Gasteiger partial charge in [0, 0.05) is 41.7 Å². The number of nitrogens with zero attached hydrogens (tertiary/aromatic N) is 5. The van der Waals surface area contributed by atoms with Gasteiger partial charge in [-0.25, -0.2) is 14.6 Å². The zero-order valence-electron chi connectivity index (χ0n) is 29.9. The summed E-state index contributed by atoms with van der Waals surface area (Å²) in [5, 5.41) is 31.0. The molecule has 1 saturated carbocycles. The number of urea groups is 1. The van der Waals surface area contributed by atoms with Crippen LogP contribution in [0.2, 0.25) is 0 Å². The summed E-state index contributed by atoms with van der Waals surface area (Å²) in [4.78, 5) is 62.1. The van der Waals surface area contributed by atoms with Crippen molar-refractivity contribution < 1.29 is 33.8 Å². The molecule has 1 aliphatic carbocycles. The molecule has 0 radical (unpaired) electrons. The Morgan fingerprint density at radius 2 is 1.70 bits per heavy atom. The average Bonchev–Trinajstić information content (AvgIpc) is 3.63. The van der Waals surface area contributed by atoms with Gasteiger partial charge in [0.05, 0.1) is 20.3 Å². The Labute approximate surface area is 315 Å². The van der Waals surface area contributed by atoms with Crippen LogP contribution in [0.25, 0.3) is 22.0 Å². The Hall–Kier alpha value is -5.77. The molecule has 5 atom stereocenters. The highest BCUT2D eigenvalue weighted by atomic mass is 32.1. The highest BCUT2D eigenvalue weighted by Gasteiger charge is 2.61. The van der Waals surface area contributed by atoms with Crippen molar-refractivity contribution in [1.29, 1.82) is 0 Å². The van der Waals surface area contributed by atoms with Crippen LogP contribution in [0.15, 0.2) is 72.3 Å². The normalized spacial score (nSPS) is 24.3. The van der Waals surface area contributed by atoms with Gasteiger partial charge in [0.1, 0.15) is 45.5 Å². The molecule has 4 amide bonds. The second-order valence-corrected chi connectivity index (χ2v) is 14.6. The fourth-order valence-corrected chi connectivity index (χ4v) is 7.78. The maximum atomic E-state index is 14.6. The molecule has 3 aliphatic rings. The number of carbonyl (C=O) groups is 4. The van der Waals surface area contributed by atoms with Crippen molar-refractivity contribution in [2.24, 2.45) is 5.92 Å². The minimum absolute atomic E-state index is 0.0483. The first-order chi connectivity index (χ1) is 26.2. The van der Waals surface area contributed by atoms with Gasteiger partial charge in [0.15, 0.2) is 0 Å². The fraction of sp³-hybridized carbons (Fsp3) is 0.395. The molecule has 2 aliphatic heterocycles. The first-order valence-corrected chi connectivity index (χ1v) is 18.8. The molecule has 15 nitrogen and oxygen atoms in total. The van der Waals surface area contributed by atoms with Gasteiger partial charge < -0.3 is 35.4 Å². The number of amides is 4. The second-order valence-electron chi connectivity index (χ2n) is 13.7. The Morgan fingerprint density at radius 3 is 2.39 bits per heavy atom. The van der Waals surface area contributed by atoms with Crippen molar-refractivity contribution in [2.45, 2.75) is 68.6 Å². The molecule has 54 heavy (non-hydrogen) atoms. The third kappa shape index (κ3) is 7.64. The first-order valence-electron chi connectivity index (χ1n) is 17.9. The number of hydrogen-bond acceptors (Lipinski definition) is 10. The Bertz CT molecular complexity index is 2020. The van der Waals surface area contributed by atoms with E-state index >= 15 is 0 Å². The SMILES string of the molecule is COc1ccc(NC(=O)N[C@H]2CCCCCC=C[C@@H]3C[C@@]3(C(=O)O)NC(=O)[C@@H]3C[C@@H](n4nc(-c5ccc(OC)cc5)c(-c5nccs5)n4)CN3C2=O)cc1. The molecule has 0 bridgehead atoms. The largest absolute Gasteiger partial charge is 0.497 e. The maximum Gasteiger partial charge on any atom is 0.330 e. The number of aromatic nitrogens is 4. The minimum atomic E-state index is -1.46. The number of ether oxygens (including phenoxy) is 2. The lowest BCUT2D eigenvalue weighted by Gasteiger charge is -2.29. The zero-order chi connectivity index (χ0) is 37.8. The molecule has 2 aromatic carbocycles. The van der Waals surface area contributed by atoms with E-state index in [9.17, 15) is 24.3 Å². The van der Waals surface area contributed by atoms with Crippen molar-refractivity contribution >= 4 is 40.8 Å². The van der Waals surface area contributed by atoms with Crippen molar-refractivity contribution in [1.82, 2.24) is 35.5 Å². The molecule has 2 aromatic heterocycles. The van der Waals surface area contributed by atoms with Crippen LogP contribution in [-0.4, -0.2) is 92.2 Å². The summed E-state index contributed by atoms with van der Waals surface area (Å²) in [6.07, 6.45) is 9.23. The van der Waals surface area contributed by atoms with Crippen LogP contribution in [0.1, 0.15) is 51.0 Å². The van der Waals surface area contributed by atoms with Crippen molar-refractivity contribution in [3.8, 4) is 33.5 Å². The van der Waals surface area contributed by atoms with Crippen LogP contribution >= 0.6 is 11.3 Å². The summed E-state index contributed by atoms with van der Waals surface area (Å²) < 4.78 is 10.6. The summed E-state index contributed by atoms with van der Waals surface area (Å²) in [6.45, 7) is 0.0483. The van der Waals surface area contributed by atoms with Gasteiger partial charge in [-0.3, -0.25) is 9.59 Å². The van der Waals surface area contributed by atoms with Crippen LogP contribution in [0, 0.1) is 5.92 Å². The number of methoxy groups -OCH3 is 2. The number of benzene rings is 2. The third-order valence-corrected chi connectivity index (χ3v) is 11.0. The van der Waals surface area contributed by atoms with Crippen LogP contribution < -0.4 is 25.4 Å².